The van der Waals surface area contributed by atoms with Crippen LogP contribution in [0.3, 0.4) is 0 Å². The second kappa shape index (κ2) is 6.93. The highest BCUT2D eigenvalue weighted by atomic mass is 15.2. The van der Waals surface area contributed by atoms with Crippen LogP contribution >= 0.6 is 0 Å². The van der Waals surface area contributed by atoms with Crippen LogP contribution in [0.2, 0.25) is 0 Å². The molecule has 0 bridgehead atoms. The van der Waals surface area contributed by atoms with Gasteiger partial charge in [-0.25, -0.2) is 0 Å². The minimum Gasteiger partial charge on any atom is -0.308 e. The van der Waals surface area contributed by atoms with E-state index < -0.39 is 0 Å². The molecule has 0 radical (unpaired) electrons. The fourth-order valence-corrected chi connectivity index (χ4v) is 3.48. The molecule has 118 valence electrons. The Labute approximate surface area is 130 Å². The van der Waals surface area contributed by atoms with Crippen LogP contribution in [0.4, 0.5) is 0 Å². The molecule has 2 rings (SSSR count). The van der Waals surface area contributed by atoms with Gasteiger partial charge in [-0.3, -0.25) is 4.90 Å². The van der Waals surface area contributed by atoms with Crippen LogP contribution in [0.1, 0.15) is 56.7 Å². The van der Waals surface area contributed by atoms with Crippen LogP contribution in [0, 0.1) is 13.8 Å². The number of rotatable bonds is 5. The molecular weight excluding hydrogens is 256 g/mol. The number of nitrogens with one attached hydrogen (secondary N) is 1. The summed E-state index contributed by atoms with van der Waals surface area (Å²) in [5.74, 6) is 0. The topological polar surface area (TPSA) is 15.3 Å². The Morgan fingerprint density at radius 2 is 1.86 bits per heavy atom. The Morgan fingerprint density at radius 1 is 1.14 bits per heavy atom. The van der Waals surface area contributed by atoms with Crippen LogP contribution in [0.5, 0.6) is 0 Å². The summed E-state index contributed by atoms with van der Waals surface area (Å²) in [6.07, 6.45) is 3.65. The van der Waals surface area contributed by atoms with Crippen LogP contribution in [0.25, 0.3) is 0 Å². The highest BCUT2D eigenvalue weighted by molar-refractivity contribution is 5.30. The zero-order chi connectivity index (χ0) is 15.5. The van der Waals surface area contributed by atoms with Gasteiger partial charge in [0.15, 0.2) is 0 Å². The first-order valence-corrected chi connectivity index (χ1v) is 8.58. The molecule has 1 aromatic rings. The molecule has 1 N–H and O–H groups in total. The number of hydrogen-bond acceptors (Lipinski definition) is 2. The van der Waals surface area contributed by atoms with Crippen molar-refractivity contribution in [3.8, 4) is 0 Å². The van der Waals surface area contributed by atoms with Crippen molar-refractivity contribution in [1.29, 1.82) is 0 Å². The van der Waals surface area contributed by atoms with Crippen LogP contribution in [-0.4, -0.2) is 29.6 Å². The Hall–Kier alpha value is -0.860. The average Bonchev–Trinajstić information content (AvgIpc) is 2.51. The van der Waals surface area contributed by atoms with Gasteiger partial charge >= 0.3 is 0 Å². The second-order valence-electron chi connectivity index (χ2n) is 6.75. The molecule has 1 aliphatic heterocycles. The molecule has 0 aliphatic carbocycles. The van der Waals surface area contributed by atoms with Gasteiger partial charge in [-0.1, -0.05) is 39.0 Å². The SMILES string of the molecule is CCC1CNC(CC)(CC)CN1Cc1ccc(C)c(C)c1. The second-order valence-corrected chi connectivity index (χ2v) is 6.75. The number of aryl methyl sites for hydroxylation is 2. The smallest absolute Gasteiger partial charge is 0.0304 e. The van der Waals surface area contributed by atoms with Crippen LogP contribution in [0.15, 0.2) is 18.2 Å². The first-order valence-electron chi connectivity index (χ1n) is 8.58. The van der Waals surface area contributed by atoms with Crippen molar-refractivity contribution in [2.45, 2.75) is 72.0 Å². The van der Waals surface area contributed by atoms with Gasteiger partial charge in [0.2, 0.25) is 0 Å². The van der Waals surface area contributed by atoms with Crippen molar-refractivity contribution in [2.24, 2.45) is 0 Å². The molecule has 1 fully saturated rings. The number of benzene rings is 1. The first kappa shape index (κ1) is 16.5. The van der Waals surface area contributed by atoms with Crippen molar-refractivity contribution >= 4 is 0 Å². The number of hydrogen-bond donors (Lipinski definition) is 1. The fourth-order valence-electron chi connectivity index (χ4n) is 3.48. The van der Waals surface area contributed by atoms with Gasteiger partial charge in [0.25, 0.3) is 0 Å². The van der Waals surface area contributed by atoms with E-state index in [1.54, 1.807) is 0 Å². The molecule has 1 atom stereocenters. The number of piperazine rings is 1. The van der Waals surface area contributed by atoms with Gasteiger partial charge in [0, 0.05) is 31.2 Å². The normalized spacial score (nSPS) is 22.4. The molecule has 1 aromatic carbocycles. The van der Waals surface area contributed by atoms with Crippen molar-refractivity contribution in [3.63, 3.8) is 0 Å². The molecule has 2 heteroatoms. The first-order chi connectivity index (χ1) is 10.0. The van der Waals surface area contributed by atoms with Gasteiger partial charge in [0.05, 0.1) is 0 Å². The molecule has 1 saturated heterocycles. The lowest BCUT2D eigenvalue weighted by Crippen LogP contribution is -2.63. The molecule has 21 heavy (non-hydrogen) atoms. The van der Waals surface area contributed by atoms with E-state index >= 15 is 0 Å². The van der Waals surface area contributed by atoms with E-state index in [9.17, 15) is 0 Å². The standard InChI is InChI=1S/C19H32N2/c1-6-18-12-20-19(7-2,8-3)14-21(18)13-17-10-9-15(4)16(5)11-17/h9-11,18,20H,6-8,12-14H2,1-5H3. The molecular formula is C19H32N2. The molecule has 1 aliphatic rings. The summed E-state index contributed by atoms with van der Waals surface area (Å²) in [6.45, 7) is 14.7. The molecule has 0 spiro atoms. The minimum atomic E-state index is 0.311. The summed E-state index contributed by atoms with van der Waals surface area (Å²) in [5, 5.41) is 3.83. The van der Waals surface area contributed by atoms with E-state index in [2.05, 4.69) is 63.0 Å². The molecule has 0 saturated carbocycles. The maximum atomic E-state index is 3.83. The lowest BCUT2D eigenvalue weighted by Gasteiger charge is -2.47. The van der Waals surface area contributed by atoms with Crippen molar-refractivity contribution in [3.05, 3.63) is 34.9 Å². The summed E-state index contributed by atoms with van der Waals surface area (Å²) in [4.78, 5) is 2.70. The molecule has 0 amide bonds. The molecule has 1 unspecified atom stereocenters. The largest absolute Gasteiger partial charge is 0.308 e. The van der Waals surface area contributed by atoms with E-state index in [0.29, 0.717) is 11.6 Å². The van der Waals surface area contributed by atoms with Gasteiger partial charge in [-0.15, -0.1) is 0 Å². The molecule has 0 aromatic heterocycles. The maximum absolute atomic E-state index is 3.83. The van der Waals surface area contributed by atoms with Gasteiger partial charge < -0.3 is 5.32 Å². The Bertz CT molecular complexity index is 463. The third-order valence-electron chi connectivity index (χ3n) is 5.52. The summed E-state index contributed by atoms with van der Waals surface area (Å²) >= 11 is 0. The van der Waals surface area contributed by atoms with Gasteiger partial charge in [-0.05, 0) is 49.8 Å². The fraction of sp³-hybridized carbons (Fsp3) is 0.684. The lowest BCUT2D eigenvalue weighted by atomic mass is 9.87. The van der Waals surface area contributed by atoms with E-state index in [1.807, 2.05) is 0 Å². The summed E-state index contributed by atoms with van der Waals surface area (Å²) in [6, 6.07) is 7.60. The average molecular weight is 288 g/mol. The number of nitrogens with zero attached hydrogens (tertiary/aromatic N) is 1. The van der Waals surface area contributed by atoms with Crippen LogP contribution in [-0.2, 0) is 6.54 Å². The summed E-state index contributed by atoms with van der Waals surface area (Å²) in [7, 11) is 0. The van der Waals surface area contributed by atoms with Crippen molar-refractivity contribution < 1.29 is 0 Å². The Morgan fingerprint density at radius 3 is 2.43 bits per heavy atom. The lowest BCUT2D eigenvalue weighted by molar-refractivity contribution is 0.0643. The van der Waals surface area contributed by atoms with Gasteiger partial charge in [-0.2, -0.15) is 0 Å². The quantitative estimate of drug-likeness (QED) is 0.879. The molecule has 2 nitrogen and oxygen atoms in total. The van der Waals surface area contributed by atoms with E-state index in [4.69, 9.17) is 0 Å². The van der Waals surface area contributed by atoms with E-state index in [-0.39, 0.29) is 0 Å². The predicted octanol–water partition coefficient (Wildman–Crippen LogP) is 4.05. The van der Waals surface area contributed by atoms with Crippen LogP contribution < -0.4 is 5.32 Å². The summed E-state index contributed by atoms with van der Waals surface area (Å²) < 4.78 is 0. The Balaban J connectivity index is 2.15. The highest BCUT2D eigenvalue weighted by Gasteiger charge is 2.35. The summed E-state index contributed by atoms with van der Waals surface area (Å²) in [5.41, 5.74) is 4.57. The third kappa shape index (κ3) is 3.67. The predicted molar refractivity (Wildman–Crippen MR) is 91.7 cm³/mol. The monoisotopic (exact) mass is 288 g/mol. The zero-order valence-electron chi connectivity index (χ0n) is 14.5. The minimum absolute atomic E-state index is 0.311. The van der Waals surface area contributed by atoms with Gasteiger partial charge in [0.1, 0.15) is 0 Å². The van der Waals surface area contributed by atoms with Crippen molar-refractivity contribution in [1.82, 2.24) is 10.2 Å². The highest BCUT2D eigenvalue weighted by Crippen LogP contribution is 2.25. The Kier molecular flexibility index (Phi) is 5.45. The third-order valence-corrected chi connectivity index (χ3v) is 5.52. The zero-order valence-corrected chi connectivity index (χ0v) is 14.5. The maximum Gasteiger partial charge on any atom is 0.0304 e. The van der Waals surface area contributed by atoms with E-state index in [0.717, 1.165) is 13.1 Å². The molecule has 1 heterocycles. The van der Waals surface area contributed by atoms with Crippen molar-refractivity contribution in [2.75, 3.05) is 13.1 Å². The van der Waals surface area contributed by atoms with E-state index in [1.165, 1.54) is 42.5 Å².